The maximum absolute atomic E-state index is 5.88. The molecule has 7 heteroatoms. The molecule has 0 aliphatic heterocycles. The molecule has 0 saturated carbocycles. The van der Waals surface area contributed by atoms with Crippen molar-refractivity contribution in [2.45, 2.75) is 26.7 Å². The summed E-state index contributed by atoms with van der Waals surface area (Å²) in [6, 6.07) is 14.5. The summed E-state index contributed by atoms with van der Waals surface area (Å²) >= 11 is 3.62. The zero-order chi connectivity index (χ0) is 19.5. The Balaban J connectivity index is 1.44. The number of nitrogens with one attached hydrogen (secondary N) is 1. The first-order valence-corrected chi connectivity index (χ1v) is 10.1. The van der Waals surface area contributed by atoms with Crippen molar-refractivity contribution in [2.24, 2.45) is 5.92 Å². The van der Waals surface area contributed by atoms with Gasteiger partial charge in [0.1, 0.15) is 11.3 Å². The van der Waals surface area contributed by atoms with Crippen molar-refractivity contribution < 1.29 is 9.15 Å². The minimum absolute atomic E-state index is 0.461. The van der Waals surface area contributed by atoms with Crippen molar-refractivity contribution in [1.29, 1.82) is 0 Å². The van der Waals surface area contributed by atoms with E-state index in [0.717, 1.165) is 34.0 Å². The molecule has 144 valence electrons. The van der Waals surface area contributed by atoms with Gasteiger partial charge in [0.2, 0.25) is 5.82 Å². The van der Waals surface area contributed by atoms with Crippen molar-refractivity contribution in [3.63, 3.8) is 0 Å². The number of furan rings is 1. The number of aromatic amines is 1. The van der Waals surface area contributed by atoms with Crippen LogP contribution in [0.1, 0.15) is 25.0 Å². The molecule has 2 aromatic heterocycles. The molecule has 1 N–H and O–H groups in total. The van der Waals surface area contributed by atoms with Gasteiger partial charge in [-0.3, -0.25) is 0 Å². The minimum atomic E-state index is 0.461. The Morgan fingerprint density at radius 1 is 1.07 bits per heavy atom. The van der Waals surface area contributed by atoms with E-state index >= 15 is 0 Å². The summed E-state index contributed by atoms with van der Waals surface area (Å²) in [6.07, 6.45) is 1.86. The Labute approximate surface area is 171 Å². The molecule has 0 fully saturated rings. The number of benzene rings is 2. The zero-order valence-corrected chi connectivity index (χ0v) is 17.4. The van der Waals surface area contributed by atoms with Crippen LogP contribution in [0.25, 0.3) is 22.6 Å². The SMILES string of the molecule is CC(C)COc1ccc(CCc2ccc3cc(-c4nn[nH]n4)oc3c2)cc1Br. The molecule has 0 atom stereocenters. The van der Waals surface area contributed by atoms with Crippen molar-refractivity contribution >= 4 is 26.9 Å². The number of rotatable bonds is 7. The van der Waals surface area contributed by atoms with Crippen LogP contribution in [0.5, 0.6) is 5.75 Å². The molecule has 0 saturated heterocycles. The highest BCUT2D eigenvalue weighted by Crippen LogP contribution is 2.28. The van der Waals surface area contributed by atoms with E-state index in [0.29, 0.717) is 24.1 Å². The topological polar surface area (TPSA) is 76.8 Å². The first kappa shape index (κ1) is 18.7. The number of H-pyrrole nitrogens is 1. The zero-order valence-electron chi connectivity index (χ0n) is 15.8. The van der Waals surface area contributed by atoms with E-state index in [4.69, 9.17) is 9.15 Å². The van der Waals surface area contributed by atoms with E-state index in [1.54, 1.807) is 0 Å². The lowest BCUT2D eigenvalue weighted by Crippen LogP contribution is -2.05. The number of ether oxygens (including phenoxy) is 1. The fraction of sp³-hybridized carbons (Fsp3) is 0.286. The molecule has 0 bridgehead atoms. The first-order chi connectivity index (χ1) is 13.6. The second kappa shape index (κ2) is 8.14. The van der Waals surface area contributed by atoms with Gasteiger partial charge in [-0.1, -0.05) is 32.0 Å². The van der Waals surface area contributed by atoms with Gasteiger partial charge in [0.05, 0.1) is 11.1 Å². The molecule has 0 radical (unpaired) electrons. The summed E-state index contributed by atoms with van der Waals surface area (Å²) in [4.78, 5) is 0. The Morgan fingerprint density at radius 3 is 2.57 bits per heavy atom. The molecule has 0 aliphatic rings. The highest BCUT2D eigenvalue weighted by Gasteiger charge is 2.11. The maximum Gasteiger partial charge on any atom is 0.239 e. The summed E-state index contributed by atoms with van der Waals surface area (Å²) in [7, 11) is 0. The molecule has 0 spiro atoms. The van der Waals surface area contributed by atoms with Gasteiger partial charge in [0, 0.05) is 5.39 Å². The van der Waals surface area contributed by atoms with E-state index < -0.39 is 0 Å². The molecule has 4 aromatic rings. The molecule has 0 unspecified atom stereocenters. The van der Waals surface area contributed by atoms with E-state index in [9.17, 15) is 0 Å². The number of halogens is 1. The van der Waals surface area contributed by atoms with Gasteiger partial charge in [-0.25, -0.2) is 0 Å². The molecule has 0 aliphatic carbocycles. The smallest absolute Gasteiger partial charge is 0.239 e. The number of fused-ring (bicyclic) bond motifs is 1. The molecule has 6 nitrogen and oxygen atoms in total. The van der Waals surface area contributed by atoms with E-state index in [1.807, 2.05) is 12.1 Å². The van der Waals surface area contributed by atoms with Crippen LogP contribution in [0.3, 0.4) is 0 Å². The van der Waals surface area contributed by atoms with Crippen LogP contribution >= 0.6 is 15.9 Å². The predicted octanol–water partition coefficient (Wildman–Crippen LogP) is 5.20. The molecule has 0 amide bonds. The minimum Gasteiger partial charge on any atom is -0.492 e. The average molecular weight is 441 g/mol. The normalized spacial score (nSPS) is 11.4. The molecular formula is C21H21BrN4O2. The van der Waals surface area contributed by atoms with Crippen LogP contribution in [0, 0.1) is 5.92 Å². The molecule has 28 heavy (non-hydrogen) atoms. The number of nitrogens with zero attached hydrogens (tertiary/aromatic N) is 3. The first-order valence-electron chi connectivity index (χ1n) is 9.26. The monoisotopic (exact) mass is 440 g/mol. The van der Waals surface area contributed by atoms with Crippen LogP contribution in [0.15, 0.2) is 51.4 Å². The summed E-state index contributed by atoms with van der Waals surface area (Å²) in [5.74, 6) is 2.47. The predicted molar refractivity (Wildman–Crippen MR) is 111 cm³/mol. The Morgan fingerprint density at radius 2 is 1.86 bits per heavy atom. The van der Waals surface area contributed by atoms with Crippen molar-refractivity contribution in [1.82, 2.24) is 20.6 Å². The van der Waals surface area contributed by atoms with Gasteiger partial charge in [0.25, 0.3) is 0 Å². The summed E-state index contributed by atoms with van der Waals surface area (Å²) in [6.45, 7) is 5.00. The molecule has 2 aromatic carbocycles. The standard InChI is InChI=1S/C21H21BrN4O2/c1-13(2)12-27-18-8-6-14(9-17(18)22)3-4-15-5-7-16-11-20(28-19(16)10-15)21-23-25-26-24-21/h5-11,13H,3-4,12H2,1-2H3,(H,23,24,25,26). The summed E-state index contributed by atoms with van der Waals surface area (Å²) in [5, 5.41) is 15.0. The van der Waals surface area contributed by atoms with Gasteiger partial charge >= 0.3 is 0 Å². The van der Waals surface area contributed by atoms with Crippen molar-refractivity contribution in [2.75, 3.05) is 6.61 Å². The van der Waals surface area contributed by atoms with Gasteiger partial charge in [-0.2, -0.15) is 5.21 Å². The number of aryl methyl sites for hydroxylation is 2. The molecule has 2 heterocycles. The van der Waals surface area contributed by atoms with Gasteiger partial charge in [-0.05, 0) is 75.3 Å². The largest absolute Gasteiger partial charge is 0.492 e. The number of aromatic nitrogens is 4. The Bertz CT molecular complexity index is 1070. The third kappa shape index (κ3) is 4.25. The van der Waals surface area contributed by atoms with Crippen molar-refractivity contribution in [3.05, 3.63) is 58.1 Å². The highest BCUT2D eigenvalue weighted by molar-refractivity contribution is 9.10. The van der Waals surface area contributed by atoms with Gasteiger partial charge < -0.3 is 9.15 Å². The second-order valence-electron chi connectivity index (χ2n) is 7.19. The third-order valence-electron chi connectivity index (χ3n) is 4.42. The summed E-state index contributed by atoms with van der Waals surface area (Å²) in [5.41, 5.74) is 3.31. The van der Waals surface area contributed by atoms with Crippen LogP contribution < -0.4 is 4.74 Å². The lowest BCUT2D eigenvalue weighted by molar-refractivity contribution is 0.269. The fourth-order valence-corrected chi connectivity index (χ4v) is 3.51. The lowest BCUT2D eigenvalue weighted by Gasteiger charge is -2.11. The Kier molecular flexibility index (Phi) is 5.43. The Hall–Kier alpha value is -2.67. The van der Waals surface area contributed by atoms with E-state index in [2.05, 4.69) is 80.7 Å². The summed E-state index contributed by atoms with van der Waals surface area (Å²) < 4.78 is 12.7. The van der Waals surface area contributed by atoms with Crippen molar-refractivity contribution in [3.8, 4) is 17.3 Å². The second-order valence-corrected chi connectivity index (χ2v) is 8.04. The lowest BCUT2D eigenvalue weighted by atomic mass is 10.0. The molecule has 4 rings (SSSR count). The maximum atomic E-state index is 5.88. The quantitative estimate of drug-likeness (QED) is 0.427. The third-order valence-corrected chi connectivity index (χ3v) is 5.04. The van der Waals surface area contributed by atoms with E-state index in [-0.39, 0.29) is 0 Å². The highest BCUT2D eigenvalue weighted by atomic mass is 79.9. The van der Waals surface area contributed by atoms with Crippen LogP contribution in [0.4, 0.5) is 0 Å². The van der Waals surface area contributed by atoms with Gasteiger partial charge in [-0.15, -0.1) is 10.2 Å². The average Bonchev–Trinajstić information content (AvgIpc) is 3.34. The number of hydrogen-bond donors (Lipinski definition) is 1. The molecular weight excluding hydrogens is 420 g/mol. The van der Waals surface area contributed by atoms with Crippen LogP contribution in [-0.2, 0) is 12.8 Å². The fourth-order valence-electron chi connectivity index (χ4n) is 2.97. The van der Waals surface area contributed by atoms with Crippen LogP contribution in [-0.4, -0.2) is 27.2 Å². The van der Waals surface area contributed by atoms with Gasteiger partial charge in [0.15, 0.2) is 5.76 Å². The number of hydrogen-bond acceptors (Lipinski definition) is 5. The van der Waals surface area contributed by atoms with E-state index in [1.165, 1.54) is 11.1 Å². The van der Waals surface area contributed by atoms with Crippen LogP contribution in [0.2, 0.25) is 0 Å². The number of tetrazole rings is 1.